The Hall–Kier alpha value is -0.920. The molecule has 0 aliphatic heterocycles. The average molecular weight is 262 g/mol. The third-order valence-corrected chi connectivity index (χ3v) is 4.10. The molecule has 1 atom stereocenters. The van der Waals surface area contributed by atoms with Crippen LogP contribution in [-0.4, -0.2) is 9.97 Å². The van der Waals surface area contributed by atoms with Gasteiger partial charge in [0.1, 0.15) is 0 Å². The zero-order valence-electron chi connectivity index (χ0n) is 13.0. The van der Waals surface area contributed by atoms with Gasteiger partial charge in [-0.15, -0.1) is 0 Å². The van der Waals surface area contributed by atoms with Crippen molar-refractivity contribution in [2.75, 3.05) is 0 Å². The van der Waals surface area contributed by atoms with E-state index in [1.165, 1.54) is 63.5 Å². The fraction of sp³-hybridized carbons (Fsp3) is 0.765. The molecule has 1 aromatic rings. The summed E-state index contributed by atoms with van der Waals surface area (Å²) < 4.78 is 0. The highest BCUT2D eigenvalue weighted by Crippen LogP contribution is 2.33. The van der Waals surface area contributed by atoms with Gasteiger partial charge in [-0.3, -0.25) is 9.97 Å². The first-order valence-electron chi connectivity index (χ1n) is 7.99. The maximum atomic E-state index is 4.56. The Morgan fingerprint density at radius 3 is 2.21 bits per heavy atom. The smallest absolute Gasteiger partial charge is 0.0645 e. The summed E-state index contributed by atoms with van der Waals surface area (Å²) in [7, 11) is 0. The fourth-order valence-corrected chi connectivity index (χ4v) is 2.68. The Kier molecular flexibility index (Phi) is 7.69. The van der Waals surface area contributed by atoms with E-state index in [4.69, 9.17) is 0 Å². The normalized spacial score (nSPS) is 14.3. The van der Waals surface area contributed by atoms with Crippen LogP contribution in [0.25, 0.3) is 0 Å². The van der Waals surface area contributed by atoms with Gasteiger partial charge in [0.25, 0.3) is 0 Å². The monoisotopic (exact) mass is 262 g/mol. The van der Waals surface area contributed by atoms with Crippen LogP contribution in [0.4, 0.5) is 0 Å². The fourth-order valence-electron chi connectivity index (χ4n) is 2.68. The average Bonchev–Trinajstić information content (AvgIpc) is 2.46. The van der Waals surface area contributed by atoms with E-state index in [0.29, 0.717) is 0 Å². The predicted molar refractivity (Wildman–Crippen MR) is 82.3 cm³/mol. The SMILES string of the molecule is CCCCCCCC(C)(CCCC)c1cnccn1. The van der Waals surface area contributed by atoms with Crippen LogP contribution in [0.5, 0.6) is 0 Å². The van der Waals surface area contributed by atoms with Crippen LogP contribution in [0.3, 0.4) is 0 Å². The molecular formula is C17H30N2. The van der Waals surface area contributed by atoms with Gasteiger partial charge in [-0.1, -0.05) is 65.7 Å². The largest absolute Gasteiger partial charge is 0.261 e. The van der Waals surface area contributed by atoms with Gasteiger partial charge in [0.05, 0.1) is 5.69 Å². The molecule has 1 unspecified atom stereocenters. The Morgan fingerprint density at radius 2 is 1.58 bits per heavy atom. The molecule has 0 N–H and O–H groups in total. The zero-order chi connectivity index (χ0) is 14.0. The maximum Gasteiger partial charge on any atom is 0.0645 e. The first-order chi connectivity index (χ1) is 9.23. The van der Waals surface area contributed by atoms with E-state index in [9.17, 15) is 0 Å². The van der Waals surface area contributed by atoms with Crippen molar-refractivity contribution in [2.24, 2.45) is 0 Å². The number of rotatable bonds is 10. The van der Waals surface area contributed by atoms with E-state index in [0.717, 1.165) is 0 Å². The second kappa shape index (κ2) is 9.06. The lowest BCUT2D eigenvalue weighted by molar-refractivity contribution is 0.358. The quantitative estimate of drug-likeness (QED) is 0.536. The molecule has 0 fully saturated rings. The molecule has 2 nitrogen and oxygen atoms in total. The van der Waals surface area contributed by atoms with Gasteiger partial charge in [-0.05, 0) is 12.8 Å². The van der Waals surface area contributed by atoms with Crippen molar-refractivity contribution in [3.05, 3.63) is 24.3 Å². The van der Waals surface area contributed by atoms with E-state index < -0.39 is 0 Å². The summed E-state index contributed by atoms with van der Waals surface area (Å²) in [6.45, 7) is 6.90. The van der Waals surface area contributed by atoms with Gasteiger partial charge >= 0.3 is 0 Å². The van der Waals surface area contributed by atoms with Crippen molar-refractivity contribution >= 4 is 0 Å². The van der Waals surface area contributed by atoms with Gasteiger partial charge in [-0.25, -0.2) is 0 Å². The molecule has 0 amide bonds. The summed E-state index contributed by atoms with van der Waals surface area (Å²) in [5.41, 5.74) is 1.40. The summed E-state index contributed by atoms with van der Waals surface area (Å²) >= 11 is 0. The number of aromatic nitrogens is 2. The van der Waals surface area contributed by atoms with Gasteiger partial charge in [-0.2, -0.15) is 0 Å². The minimum Gasteiger partial charge on any atom is -0.261 e. The number of nitrogens with zero attached hydrogens (tertiary/aromatic N) is 2. The lowest BCUT2D eigenvalue weighted by Gasteiger charge is -2.29. The summed E-state index contributed by atoms with van der Waals surface area (Å²) in [6.07, 6.45) is 17.3. The summed E-state index contributed by atoms with van der Waals surface area (Å²) in [6, 6.07) is 0. The molecule has 1 heterocycles. The molecule has 0 spiro atoms. The molecule has 0 bridgehead atoms. The lowest BCUT2D eigenvalue weighted by atomic mass is 9.77. The van der Waals surface area contributed by atoms with Crippen LogP contribution < -0.4 is 0 Å². The van der Waals surface area contributed by atoms with Crippen LogP contribution in [0.15, 0.2) is 18.6 Å². The van der Waals surface area contributed by atoms with E-state index >= 15 is 0 Å². The Balaban J connectivity index is 2.55. The molecule has 2 heteroatoms. The number of unbranched alkanes of at least 4 members (excludes halogenated alkanes) is 5. The Labute approximate surface area is 119 Å². The van der Waals surface area contributed by atoms with Crippen LogP contribution in [0.1, 0.15) is 84.3 Å². The minimum absolute atomic E-state index is 0.219. The van der Waals surface area contributed by atoms with Crippen molar-refractivity contribution in [1.82, 2.24) is 9.97 Å². The molecular weight excluding hydrogens is 232 g/mol. The van der Waals surface area contributed by atoms with Crippen molar-refractivity contribution in [3.8, 4) is 0 Å². The molecule has 0 saturated heterocycles. The zero-order valence-corrected chi connectivity index (χ0v) is 13.0. The lowest BCUT2D eigenvalue weighted by Crippen LogP contribution is -2.23. The molecule has 0 aromatic carbocycles. The topological polar surface area (TPSA) is 25.8 Å². The van der Waals surface area contributed by atoms with Crippen molar-refractivity contribution < 1.29 is 0 Å². The van der Waals surface area contributed by atoms with Gasteiger partial charge in [0, 0.05) is 24.0 Å². The second-order valence-electron chi connectivity index (χ2n) is 5.92. The Bertz CT molecular complexity index is 323. The van der Waals surface area contributed by atoms with Gasteiger partial charge in [0.2, 0.25) is 0 Å². The number of hydrogen-bond donors (Lipinski definition) is 0. The van der Waals surface area contributed by atoms with Crippen LogP contribution in [0, 0.1) is 0 Å². The Morgan fingerprint density at radius 1 is 0.895 bits per heavy atom. The highest BCUT2D eigenvalue weighted by molar-refractivity contribution is 5.11. The first-order valence-corrected chi connectivity index (χ1v) is 7.99. The maximum absolute atomic E-state index is 4.56. The molecule has 0 aliphatic rings. The van der Waals surface area contributed by atoms with Crippen molar-refractivity contribution in [3.63, 3.8) is 0 Å². The third kappa shape index (κ3) is 5.71. The van der Waals surface area contributed by atoms with E-state index in [1.54, 1.807) is 6.20 Å². The first kappa shape index (κ1) is 16.1. The van der Waals surface area contributed by atoms with Crippen LogP contribution in [0.2, 0.25) is 0 Å². The molecule has 1 rings (SSSR count). The van der Waals surface area contributed by atoms with E-state index in [-0.39, 0.29) is 5.41 Å². The summed E-state index contributed by atoms with van der Waals surface area (Å²) in [5.74, 6) is 0. The van der Waals surface area contributed by atoms with Crippen molar-refractivity contribution in [1.29, 1.82) is 0 Å². The minimum atomic E-state index is 0.219. The van der Waals surface area contributed by atoms with Crippen molar-refractivity contribution in [2.45, 2.75) is 84.0 Å². The van der Waals surface area contributed by atoms with Crippen LogP contribution in [-0.2, 0) is 5.41 Å². The molecule has 19 heavy (non-hydrogen) atoms. The van der Waals surface area contributed by atoms with E-state index in [1.807, 2.05) is 12.4 Å². The number of hydrogen-bond acceptors (Lipinski definition) is 2. The second-order valence-corrected chi connectivity index (χ2v) is 5.92. The van der Waals surface area contributed by atoms with Gasteiger partial charge in [0.15, 0.2) is 0 Å². The van der Waals surface area contributed by atoms with E-state index in [2.05, 4.69) is 30.7 Å². The van der Waals surface area contributed by atoms with Crippen LogP contribution >= 0.6 is 0 Å². The molecule has 0 saturated carbocycles. The highest BCUT2D eigenvalue weighted by atomic mass is 14.8. The third-order valence-electron chi connectivity index (χ3n) is 4.10. The highest BCUT2D eigenvalue weighted by Gasteiger charge is 2.27. The molecule has 108 valence electrons. The molecule has 0 aliphatic carbocycles. The molecule has 1 aromatic heterocycles. The standard InChI is InChI=1S/C17H30N2/c1-4-6-8-9-10-12-17(3,11-7-5-2)16-15-18-13-14-19-16/h13-15H,4-12H2,1-3H3. The predicted octanol–water partition coefficient (Wildman–Crippen LogP) is 5.29. The summed E-state index contributed by atoms with van der Waals surface area (Å²) in [5, 5.41) is 0. The summed E-state index contributed by atoms with van der Waals surface area (Å²) in [4.78, 5) is 8.81. The van der Waals surface area contributed by atoms with Gasteiger partial charge < -0.3 is 0 Å². The molecule has 0 radical (unpaired) electrons.